The molecule has 0 aliphatic rings. The van der Waals surface area contributed by atoms with Gasteiger partial charge < -0.3 is 14.8 Å². The molecule has 1 heterocycles. The highest BCUT2D eigenvalue weighted by molar-refractivity contribution is 14.1. The van der Waals surface area contributed by atoms with Crippen molar-refractivity contribution in [2.45, 2.75) is 13.1 Å². The number of nitrogens with one attached hydrogen (secondary N) is 2. The van der Waals surface area contributed by atoms with E-state index in [1.807, 2.05) is 22.6 Å². The molecule has 0 fully saturated rings. The van der Waals surface area contributed by atoms with Crippen molar-refractivity contribution in [3.63, 3.8) is 0 Å². The summed E-state index contributed by atoms with van der Waals surface area (Å²) in [5.41, 5.74) is 2.75. The molecule has 1 aromatic heterocycles. The van der Waals surface area contributed by atoms with E-state index >= 15 is 0 Å². The van der Waals surface area contributed by atoms with Crippen molar-refractivity contribution in [1.29, 1.82) is 0 Å². The first kappa shape index (κ1) is 26.2. The zero-order valence-electron chi connectivity index (χ0n) is 18.2. The molecule has 2 aromatic carbocycles. The van der Waals surface area contributed by atoms with Gasteiger partial charge in [-0.05, 0) is 83.6 Å². The van der Waals surface area contributed by atoms with Gasteiger partial charge >= 0.3 is 6.18 Å². The second-order valence-corrected chi connectivity index (χ2v) is 8.07. The Balaban J connectivity index is 1.65. The molecule has 0 spiro atoms. The van der Waals surface area contributed by atoms with Gasteiger partial charge in [0.15, 0.2) is 18.1 Å². The summed E-state index contributed by atoms with van der Waals surface area (Å²) in [5, 5.41) is 6.60. The van der Waals surface area contributed by atoms with E-state index in [1.165, 1.54) is 36.5 Å². The number of pyridine rings is 1. The van der Waals surface area contributed by atoms with Gasteiger partial charge in [0.25, 0.3) is 5.91 Å². The average Bonchev–Trinajstić information content (AvgIpc) is 2.80. The standard InChI is InChI=1S/C23H19F4IN4O3/c1-2-34-19-10-14(11-30-32-20-8-3-15(12-29-20)23(25,26)27)9-18(28)22(19)35-13-21(33)31-17-6-4-16(24)5-7-17/h3-12H,2,13H2,1H3,(H,29,32)(H,31,33)/b30-11-. The second-order valence-electron chi connectivity index (χ2n) is 6.91. The first-order valence-electron chi connectivity index (χ1n) is 10.1. The average molecular weight is 602 g/mol. The van der Waals surface area contributed by atoms with E-state index in [4.69, 9.17) is 9.47 Å². The number of halogens is 5. The summed E-state index contributed by atoms with van der Waals surface area (Å²) in [6, 6.07) is 10.8. The van der Waals surface area contributed by atoms with Crippen molar-refractivity contribution in [2.75, 3.05) is 24.0 Å². The zero-order chi connectivity index (χ0) is 25.4. The van der Waals surface area contributed by atoms with Gasteiger partial charge in [0, 0.05) is 11.9 Å². The van der Waals surface area contributed by atoms with Crippen LogP contribution in [0.5, 0.6) is 11.5 Å². The Hall–Kier alpha value is -3.42. The van der Waals surface area contributed by atoms with Crippen molar-refractivity contribution < 1.29 is 31.8 Å². The number of carbonyl (C=O) groups is 1. The predicted octanol–water partition coefficient (Wildman–Crippen LogP) is 5.71. The van der Waals surface area contributed by atoms with Gasteiger partial charge in [0.05, 0.1) is 22.0 Å². The summed E-state index contributed by atoms with van der Waals surface area (Å²) in [5.74, 6) is 0.0266. The van der Waals surface area contributed by atoms with Gasteiger partial charge in [-0.25, -0.2) is 9.37 Å². The van der Waals surface area contributed by atoms with E-state index < -0.39 is 23.5 Å². The van der Waals surface area contributed by atoms with E-state index in [9.17, 15) is 22.4 Å². The van der Waals surface area contributed by atoms with Crippen molar-refractivity contribution in [1.82, 2.24) is 4.98 Å². The lowest BCUT2D eigenvalue weighted by Crippen LogP contribution is -2.20. The lowest BCUT2D eigenvalue weighted by molar-refractivity contribution is -0.137. The highest BCUT2D eigenvalue weighted by Crippen LogP contribution is 2.34. The molecule has 35 heavy (non-hydrogen) atoms. The van der Waals surface area contributed by atoms with E-state index in [0.29, 0.717) is 39.1 Å². The van der Waals surface area contributed by atoms with Crippen LogP contribution in [-0.4, -0.2) is 30.3 Å². The van der Waals surface area contributed by atoms with Gasteiger partial charge in [0.2, 0.25) is 0 Å². The number of carbonyl (C=O) groups excluding carboxylic acids is 1. The summed E-state index contributed by atoms with van der Waals surface area (Å²) in [6.07, 6.45) is -2.31. The number of aromatic nitrogens is 1. The van der Waals surface area contributed by atoms with Crippen LogP contribution in [0.2, 0.25) is 0 Å². The molecule has 1 amide bonds. The number of nitrogens with zero attached hydrogens (tertiary/aromatic N) is 2. The fourth-order valence-electron chi connectivity index (χ4n) is 2.73. The van der Waals surface area contributed by atoms with E-state index in [2.05, 4.69) is 20.8 Å². The molecular weight excluding hydrogens is 583 g/mol. The van der Waals surface area contributed by atoms with Crippen molar-refractivity contribution in [3.05, 3.63) is 75.2 Å². The molecule has 3 rings (SSSR count). The number of alkyl halides is 3. The van der Waals surface area contributed by atoms with Gasteiger partial charge in [0.1, 0.15) is 11.6 Å². The molecule has 0 radical (unpaired) electrons. The molecule has 184 valence electrons. The third kappa shape index (κ3) is 7.80. The van der Waals surface area contributed by atoms with E-state index in [1.54, 1.807) is 19.1 Å². The maximum absolute atomic E-state index is 13.0. The van der Waals surface area contributed by atoms with Gasteiger partial charge in [-0.15, -0.1) is 0 Å². The minimum Gasteiger partial charge on any atom is -0.490 e. The third-order valence-electron chi connectivity index (χ3n) is 4.29. The number of rotatable bonds is 9. The van der Waals surface area contributed by atoms with Gasteiger partial charge in [-0.3, -0.25) is 10.2 Å². The highest BCUT2D eigenvalue weighted by atomic mass is 127. The largest absolute Gasteiger partial charge is 0.490 e. The van der Waals surface area contributed by atoms with Crippen LogP contribution in [0.25, 0.3) is 0 Å². The molecule has 0 unspecified atom stereocenters. The number of benzene rings is 2. The van der Waals surface area contributed by atoms with Crippen molar-refractivity contribution in [3.8, 4) is 11.5 Å². The highest BCUT2D eigenvalue weighted by Gasteiger charge is 2.30. The third-order valence-corrected chi connectivity index (χ3v) is 5.09. The molecule has 0 bridgehead atoms. The van der Waals surface area contributed by atoms with Crippen molar-refractivity contribution >= 4 is 46.2 Å². The number of hydrazone groups is 1. The molecule has 0 aliphatic carbocycles. The van der Waals surface area contributed by atoms with Crippen LogP contribution in [-0.2, 0) is 11.0 Å². The van der Waals surface area contributed by atoms with Gasteiger partial charge in [-0.2, -0.15) is 18.3 Å². The summed E-state index contributed by atoms with van der Waals surface area (Å²) < 4.78 is 62.8. The molecule has 12 heteroatoms. The smallest absolute Gasteiger partial charge is 0.417 e. The normalized spacial score (nSPS) is 11.4. The lowest BCUT2D eigenvalue weighted by Gasteiger charge is -2.14. The summed E-state index contributed by atoms with van der Waals surface area (Å²) in [7, 11) is 0. The van der Waals surface area contributed by atoms with Crippen LogP contribution >= 0.6 is 22.6 Å². The van der Waals surface area contributed by atoms with Crippen molar-refractivity contribution in [2.24, 2.45) is 5.10 Å². The number of hydrogen-bond donors (Lipinski definition) is 2. The lowest BCUT2D eigenvalue weighted by atomic mass is 10.2. The van der Waals surface area contributed by atoms with Crippen LogP contribution in [0.1, 0.15) is 18.1 Å². The SMILES string of the molecule is CCOc1cc(/C=N\Nc2ccc(C(F)(F)F)cn2)cc(I)c1OCC(=O)Nc1ccc(F)cc1. The summed E-state index contributed by atoms with van der Waals surface area (Å²) in [6.45, 7) is 1.82. The molecule has 0 atom stereocenters. The Labute approximate surface area is 211 Å². The first-order valence-corrected chi connectivity index (χ1v) is 11.2. The van der Waals surface area contributed by atoms with E-state index in [-0.39, 0.29) is 12.4 Å². The maximum atomic E-state index is 13.0. The zero-order valence-corrected chi connectivity index (χ0v) is 20.4. The molecule has 3 aromatic rings. The molecule has 0 saturated heterocycles. The quantitative estimate of drug-likeness (QED) is 0.142. The number of amides is 1. The second kappa shape index (κ2) is 11.8. The fourth-order valence-corrected chi connectivity index (χ4v) is 3.52. The number of anilines is 2. The monoisotopic (exact) mass is 602 g/mol. The predicted molar refractivity (Wildman–Crippen MR) is 131 cm³/mol. The topological polar surface area (TPSA) is 84.8 Å². The molecule has 0 saturated carbocycles. The van der Waals surface area contributed by atoms with Crippen LogP contribution in [0, 0.1) is 9.39 Å². The Morgan fingerprint density at radius 2 is 1.89 bits per heavy atom. The maximum Gasteiger partial charge on any atom is 0.417 e. The first-order chi connectivity index (χ1) is 16.7. The van der Waals surface area contributed by atoms with Crippen LogP contribution in [0.4, 0.5) is 29.1 Å². The van der Waals surface area contributed by atoms with Crippen LogP contribution in [0.3, 0.4) is 0 Å². The molecular formula is C23H19F4IN4O3. The fraction of sp³-hybridized carbons (Fsp3) is 0.174. The van der Waals surface area contributed by atoms with Crippen LogP contribution < -0.4 is 20.2 Å². The molecule has 7 nitrogen and oxygen atoms in total. The minimum atomic E-state index is -4.47. The van der Waals surface area contributed by atoms with Crippen LogP contribution in [0.15, 0.2) is 59.8 Å². The number of hydrogen-bond acceptors (Lipinski definition) is 6. The summed E-state index contributed by atoms with van der Waals surface area (Å²) in [4.78, 5) is 15.9. The minimum absolute atomic E-state index is 0.140. The van der Waals surface area contributed by atoms with Gasteiger partial charge in [-0.1, -0.05) is 0 Å². The summed E-state index contributed by atoms with van der Waals surface area (Å²) >= 11 is 2.02. The Morgan fingerprint density at radius 3 is 2.51 bits per heavy atom. The number of ether oxygens (including phenoxy) is 2. The van der Waals surface area contributed by atoms with E-state index in [0.717, 1.165) is 6.07 Å². The molecule has 0 aliphatic heterocycles. The molecule has 2 N–H and O–H groups in total. The Bertz CT molecular complexity index is 1190. The Morgan fingerprint density at radius 1 is 1.14 bits per heavy atom. The Kier molecular flexibility index (Phi) is 8.84.